The highest BCUT2D eigenvalue weighted by atomic mass is 16.1. The zero-order valence-corrected chi connectivity index (χ0v) is 7.53. The summed E-state index contributed by atoms with van der Waals surface area (Å²) in [5.74, 6) is 0. The smallest absolute Gasteiger partial charge is 0.326 e. The molecule has 68 valence electrons. The van der Waals surface area contributed by atoms with Crippen LogP contribution in [0, 0.1) is 0 Å². The van der Waals surface area contributed by atoms with E-state index in [2.05, 4.69) is 0 Å². The molecule has 0 aliphatic carbocycles. The number of nitrogens with two attached hydrogens (primary N) is 1. The summed E-state index contributed by atoms with van der Waals surface area (Å²) in [4.78, 5) is 11.4. The lowest BCUT2D eigenvalue weighted by Gasteiger charge is -2.03. The number of aryl methyl sites for hydroxylation is 1. The van der Waals surface area contributed by atoms with Crippen LogP contribution in [0.3, 0.4) is 0 Å². The third-order valence-corrected chi connectivity index (χ3v) is 1.74. The molecule has 0 fully saturated rings. The van der Waals surface area contributed by atoms with E-state index in [1.807, 2.05) is 13.8 Å². The number of rotatable bonds is 3. The van der Waals surface area contributed by atoms with Gasteiger partial charge in [-0.1, -0.05) is 0 Å². The van der Waals surface area contributed by atoms with Gasteiger partial charge >= 0.3 is 5.69 Å². The minimum Gasteiger partial charge on any atom is -0.326 e. The van der Waals surface area contributed by atoms with Gasteiger partial charge in [0, 0.05) is 31.5 Å². The van der Waals surface area contributed by atoms with Gasteiger partial charge in [0.2, 0.25) is 0 Å². The van der Waals surface area contributed by atoms with Crippen LogP contribution in [0.25, 0.3) is 0 Å². The predicted molar refractivity (Wildman–Crippen MR) is 48.0 cm³/mol. The van der Waals surface area contributed by atoms with Gasteiger partial charge in [0.15, 0.2) is 0 Å². The van der Waals surface area contributed by atoms with E-state index in [4.69, 9.17) is 5.73 Å². The Kier molecular flexibility index (Phi) is 2.70. The summed E-state index contributed by atoms with van der Waals surface area (Å²) in [6, 6.07) is 0.0235. The number of aromatic nitrogens is 2. The van der Waals surface area contributed by atoms with E-state index >= 15 is 0 Å². The third-order valence-electron chi connectivity index (χ3n) is 1.74. The van der Waals surface area contributed by atoms with E-state index in [1.165, 1.54) is 0 Å². The molecule has 0 unspecified atom stereocenters. The first-order valence-electron chi connectivity index (χ1n) is 4.16. The normalized spacial score (nSPS) is 13.2. The fraction of sp³-hybridized carbons (Fsp3) is 0.625. The molecule has 0 bridgehead atoms. The van der Waals surface area contributed by atoms with Gasteiger partial charge in [0.25, 0.3) is 0 Å². The Morgan fingerprint density at radius 3 is 2.50 bits per heavy atom. The van der Waals surface area contributed by atoms with Gasteiger partial charge in [-0.2, -0.15) is 0 Å². The largest absolute Gasteiger partial charge is 0.328 e. The zero-order valence-electron chi connectivity index (χ0n) is 7.53. The molecule has 12 heavy (non-hydrogen) atoms. The molecule has 4 nitrogen and oxygen atoms in total. The SMILES string of the molecule is CCn1ccn(C[C@H](C)N)c1=O. The first-order chi connectivity index (χ1) is 5.65. The van der Waals surface area contributed by atoms with E-state index in [0.717, 1.165) is 0 Å². The molecular formula is C8H15N3O. The minimum absolute atomic E-state index is 0.0230. The van der Waals surface area contributed by atoms with Crippen molar-refractivity contribution in [2.75, 3.05) is 0 Å². The fourth-order valence-corrected chi connectivity index (χ4v) is 1.14. The topological polar surface area (TPSA) is 52.9 Å². The summed E-state index contributed by atoms with van der Waals surface area (Å²) in [5.41, 5.74) is 5.60. The lowest BCUT2D eigenvalue weighted by molar-refractivity contribution is 0.558. The zero-order chi connectivity index (χ0) is 9.14. The summed E-state index contributed by atoms with van der Waals surface area (Å²) in [5, 5.41) is 0. The Balaban J connectivity index is 2.88. The Labute approximate surface area is 71.6 Å². The van der Waals surface area contributed by atoms with Crippen molar-refractivity contribution in [2.24, 2.45) is 5.73 Å². The third kappa shape index (κ3) is 1.76. The van der Waals surface area contributed by atoms with Crippen LogP contribution in [0.4, 0.5) is 0 Å². The molecule has 0 radical (unpaired) electrons. The van der Waals surface area contributed by atoms with E-state index in [1.54, 1.807) is 21.5 Å². The molecule has 1 aromatic rings. The van der Waals surface area contributed by atoms with Crippen LogP contribution in [0.15, 0.2) is 17.2 Å². The van der Waals surface area contributed by atoms with Crippen molar-refractivity contribution in [3.05, 3.63) is 22.9 Å². The molecule has 0 spiro atoms. The highest BCUT2D eigenvalue weighted by Gasteiger charge is 2.02. The Morgan fingerprint density at radius 1 is 1.50 bits per heavy atom. The standard InChI is InChI=1S/C8H15N3O/c1-3-10-4-5-11(8(10)12)6-7(2)9/h4-5,7H,3,6,9H2,1-2H3/t7-/m0/s1. The molecule has 0 saturated carbocycles. The van der Waals surface area contributed by atoms with E-state index in [9.17, 15) is 4.79 Å². The van der Waals surface area contributed by atoms with Crippen LogP contribution < -0.4 is 11.4 Å². The van der Waals surface area contributed by atoms with Crippen LogP contribution in [-0.2, 0) is 13.1 Å². The van der Waals surface area contributed by atoms with Gasteiger partial charge in [0.1, 0.15) is 0 Å². The molecule has 4 heteroatoms. The molecule has 1 rings (SSSR count). The second-order valence-electron chi connectivity index (χ2n) is 3.00. The van der Waals surface area contributed by atoms with Crippen molar-refractivity contribution < 1.29 is 0 Å². The molecule has 1 atom stereocenters. The predicted octanol–water partition coefficient (Wildman–Crippen LogP) is 0.0169. The van der Waals surface area contributed by atoms with Gasteiger partial charge in [-0.25, -0.2) is 4.79 Å². The number of nitrogens with zero attached hydrogens (tertiary/aromatic N) is 2. The Bertz CT molecular complexity index is 297. The number of hydrogen-bond acceptors (Lipinski definition) is 2. The highest BCUT2D eigenvalue weighted by molar-refractivity contribution is 4.81. The maximum Gasteiger partial charge on any atom is 0.328 e. The first-order valence-corrected chi connectivity index (χ1v) is 4.16. The van der Waals surface area contributed by atoms with Gasteiger partial charge in [0.05, 0.1) is 0 Å². The molecule has 0 aliphatic rings. The second-order valence-corrected chi connectivity index (χ2v) is 3.00. The molecule has 1 heterocycles. The summed E-state index contributed by atoms with van der Waals surface area (Å²) in [7, 11) is 0. The molecule has 0 saturated heterocycles. The summed E-state index contributed by atoms with van der Waals surface area (Å²) in [6.45, 7) is 5.13. The summed E-state index contributed by atoms with van der Waals surface area (Å²) in [6.07, 6.45) is 3.56. The van der Waals surface area contributed by atoms with E-state index < -0.39 is 0 Å². The Morgan fingerprint density at radius 2 is 2.08 bits per heavy atom. The molecule has 2 N–H and O–H groups in total. The first kappa shape index (κ1) is 9.06. The van der Waals surface area contributed by atoms with Crippen molar-refractivity contribution in [1.82, 2.24) is 9.13 Å². The Hall–Kier alpha value is -1.03. The number of hydrogen-bond donors (Lipinski definition) is 1. The lowest BCUT2D eigenvalue weighted by atomic mass is 10.4. The van der Waals surface area contributed by atoms with Crippen LogP contribution in [0.5, 0.6) is 0 Å². The van der Waals surface area contributed by atoms with Crippen molar-refractivity contribution in [3.63, 3.8) is 0 Å². The molecule has 1 aromatic heterocycles. The average Bonchev–Trinajstić information content (AvgIpc) is 2.32. The summed E-state index contributed by atoms with van der Waals surface area (Å²) >= 11 is 0. The van der Waals surface area contributed by atoms with Crippen molar-refractivity contribution >= 4 is 0 Å². The second kappa shape index (κ2) is 3.58. The van der Waals surface area contributed by atoms with Gasteiger partial charge < -0.3 is 5.73 Å². The monoisotopic (exact) mass is 169 g/mol. The average molecular weight is 169 g/mol. The van der Waals surface area contributed by atoms with Gasteiger partial charge in [-0.15, -0.1) is 0 Å². The van der Waals surface area contributed by atoms with Crippen LogP contribution in [0.1, 0.15) is 13.8 Å². The maximum atomic E-state index is 11.4. The van der Waals surface area contributed by atoms with E-state index in [0.29, 0.717) is 13.1 Å². The number of imidazole rings is 1. The molecule has 0 aliphatic heterocycles. The maximum absolute atomic E-state index is 11.4. The summed E-state index contributed by atoms with van der Waals surface area (Å²) < 4.78 is 3.29. The van der Waals surface area contributed by atoms with Gasteiger partial charge in [-0.05, 0) is 13.8 Å². The van der Waals surface area contributed by atoms with Crippen molar-refractivity contribution in [3.8, 4) is 0 Å². The van der Waals surface area contributed by atoms with Crippen molar-refractivity contribution in [1.29, 1.82) is 0 Å². The van der Waals surface area contributed by atoms with Crippen LogP contribution in [0.2, 0.25) is 0 Å². The molecular weight excluding hydrogens is 154 g/mol. The highest BCUT2D eigenvalue weighted by Crippen LogP contribution is 1.87. The van der Waals surface area contributed by atoms with E-state index in [-0.39, 0.29) is 11.7 Å². The van der Waals surface area contributed by atoms with Crippen LogP contribution >= 0.6 is 0 Å². The van der Waals surface area contributed by atoms with Crippen LogP contribution in [-0.4, -0.2) is 15.2 Å². The van der Waals surface area contributed by atoms with Gasteiger partial charge in [-0.3, -0.25) is 9.13 Å². The quantitative estimate of drug-likeness (QED) is 0.693. The fourth-order valence-electron chi connectivity index (χ4n) is 1.14. The lowest BCUT2D eigenvalue weighted by Crippen LogP contribution is -2.30. The van der Waals surface area contributed by atoms with Crippen molar-refractivity contribution in [2.45, 2.75) is 33.0 Å². The molecule has 0 amide bonds. The molecule has 0 aromatic carbocycles. The minimum atomic E-state index is 0.0230.